The summed E-state index contributed by atoms with van der Waals surface area (Å²) in [6.07, 6.45) is 4.19. The van der Waals surface area contributed by atoms with Crippen molar-refractivity contribution < 1.29 is 22.7 Å². The molecule has 2 atom stereocenters. The molecule has 9 heteroatoms. The first-order valence-corrected chi connectivity index (χ1v) is 15.8. The summed E-state index contributed by atoms with van der Waals surface area (Å²) in [5.41, 5.74) is 2.51. The topological polar surface area (TPSA) is 105 Å². The summed E-state index contributed by atoms with van der Waals surface area (Å²) < 4.78 is 33.4. The smallest absolute Gasteiger partial charge is 0.247 e. The Morgan fingerprint density at radius 2 is 1.56 bits per heavy atom. The largest absolute Gasteiger partial charge is 0.376 e. The summed E-state index contributed by atoms with van der Waals surface area (Å²) in [7, 11) is -3.53. The normalized spacial score (nSPS) is 17.6. The van der Waals surface area contributed by atoms with Crippen LogP contribution in [0.4, 0.5) is 0 Å². The maximum atomic E-state index is 13.9. The summed E-state index contributed by atoms with van der Waals surface area (Å²) in [5, 5.41) is 3.04. The van der Waals surface area contributed by atoms with E-state index in [1.54, 1.807) is 29.2 Å². The van der Waals surface area contributed by atoms with Gasteiger partial charge < -0.3 is 15.0 Å². The fourth-order valence-electron chi connectivity index (χ4n) is 5.05. The molecular weight excluding hydrogens is 538 g/mol. The fraction of sp³-hybridized carbons (Fsp3) is 0.375. The van der Waals surface area contributed by atoms with Gasteiger partial charge in [-0.15, -0.1) is 0 Å². The van der Waals surface area contributed by atoms with Crippen LogP contribution in [0.3, 0.4) is 0 Å². The van der Waals surface area contributed by atoms with Gasteiger partial charge in [0.2, 0.25) is 21.8 Å². The van der Waals surface area contributed by atoms with E-state index in [1.165, 1.54) is 0 Å². The minimum Gasteiger partial charge on any atom is -0.376 e. The lowest BCUT2D eigenvalue weighted by atomic mass is 10.0. The summed E-state index contributed by atoms with van der Waals surface area (Å²) in [4.78, 5) is 29.4. The molecule has 1 heterocycles. The van der Waals surface area contributed by atoms with Crippen LogP contribution in [0.25, 0.3) is 0 Å². The van der Waals surface area contributed by atoms with Gasteiger partial charge in [-0.25, -0.2) is 13.1 Å². The van der Waals surface area contributed by atoms with Crippen LogP contribution in [0, 0.1) is 0 Å². The number of rotatable bonds is 13. The molecule has 1 aliphatic carbocycles. The van der Waals surface area contributed by atoms with Gasteiger partial charge in [0.25, 0.3) is 0 Å². The number of aryl methyl sites for hydroxylation is 1. The number of amides is 2. The molecule has 1 saturated heterocycles. The van der Waals surface area contributed by atoms with E-state index in [4.69, 9.17) is 4.74 Å². The third-order valence-electron chi connectivity index (χ3n) is 7.48. The SMILES string of the molecule is O=C(NC[C@@H]1CCCO1)[C@@H](c1ccccc1)N(Cc1ccccc1)C(=O)CCc1ccc(S(=O)(=O)NC2CC2)cc1. The first kappa shape index (κ1) is 29.0. The molecule has 8 nitrogen and oxygen atoms in total. The average Bonchev–Trinajstić information content (AvgIpc) is 3.63. The molecular formula is C32H37N3O5S. The number of sulfonamides is 1. The van der Waals surface area contributed by atoms with Gasteiger partial charge in [0.15, 0.2) is 0 Å². The summed E-state index contributed by atoms with van der Waals surface area (Å²) >= 11 is 0. The van der Waals surface area contributed by atoms with E-state index in [0.717, 1.165) is 42.4 Å². The van der Waals surface area contributed by atoms with Gasteiger partial charge in [0.05, 0.1) is 11.0 Å². The van der Waals surface area contributed by atoms with Crippen molar-refractivity contribution in [3.63, 3.8) is 0 Å². The van der Waals surface area contributed by atoms with Gasteiger partial charge in [0, 0.05) is 32.2 Å². The van der Waals surface area contributed by atoms with E-state index in [9.17, 15) is 18.0 Å². The third-order valence-corrected chi connectivity index (χ3v) is 9.02. The minimum atomic E-state index is -3.53. The zero-order valence-corrected chi connectivity index (χ0v) is 23.9. The standard InChI is InChI=1S/C32H37N3O5S/c36-30(20-15-24-13-18-29(19-14-24)41(38,39)34-27-16-17-27)35(23-25-8-3-1-4-9-25)31(26-10-5-2-6-11-26)32(37)33-22-28-12-7-21-40-28/h1-6,8-11,13-14,18-19,27-28,31,34H,7,12,15-17,20-23H2,(H,33,37)/t28-,31+/m0/s1. The number of hydrogen-bond donors (Lipinski definition) is 2. The maximum Gasteiger partial charge on any atom is 0.247 e. The van der Waals surface area contributed by atoms with Crippen LogP contribution in [0.1, 0.15) is 54.8 Å². The maximum absolute atomic E-state index is 13.9. The predicted octanol–water partition coefficient (Wildman–Crippen LogP) is 4.13. The highest BCUT2D eigenvalue weighted by molar-refractivity contribution is 7.89. The van der Waals surface area contributed by atoms with Crippen molar-refractivity contribution in [2.45, 2.75) is 68.2 Å². The Bertz CT molecular complexity index is 1400. The lowest BCUT2D eigenvalue weighted by Crippen LogP contribution is -2.45. The number of nitrogens with zero attached hydrogens (tertiary/aromatic N) is 1. The van der Waals surface area contributed by atoms with Crippen molar-refractivity contribution in [3.8, 4) is 0 Å². The van der Waals surface area contributed by atoms with Crippen LogP contribution < -0.4 is 10.0 Å². The highest BCUT2D eigenvalue weighted by atomic mass is 32.2. The van der Waals surface area contributed by atoms with E-state index < -0.39 is 16.1 Å². The van der Waals surface area contributed by atoms with Crippen molar-refractivity contribution in [1.82, 2.24) is 14.9 Å². The molecule has 2 aliphatic rings. The Morgan fingerprint density at radius 3 is 2.20 bits per heavy atom. The molecule has 0 aromatic heterocycles. The summed E-state index contributed by atoms with van der Waals surface area (Å²) in [5.74, 6) is -0.407. The first-order valence-electron chi connectivity index (χ1n) is 14.3. The summed E-state index contributed by atoms with van der Waals surface area (Å²) in [6.45, 7) is 1.38. The highest BCUT2D eigenvalue weighted by Gasteiger charge is 2.32. The second-order valence-electron chi connectivity index (χ2n) is 10.7. The number of nitrogens with one attached hydrogen (secondary N) is 2. The predicted molar refractivity (Wildman–Crippen MR) is 156 cm³/mol. The zero-order chi connectivity index (χ0) is 28.7. The van der Waals surface area contributed by atoms with Gasteiger partial charge in [0.1, 0.15) is 6.04 Å². The van der Waals surface area contributed by atoms with Crippen molar-refractivity contribution in [2.24, 2.45) is 0 Å². The molecule has 41 heavy (non-hydrogen) atoms. The summed E-state index contributed by atoms with van der Waals surface area (Å²) in [6, 6.07) is 24.9. The lowest BCUT2D eigenvalue weighted by Gasteiger charge is -2.32. The van der Waals surface area contributed by atoms with E-state index in [-0.39, 0.29) is 41.8 Å². The van der Waals surface area contributed by atoms with Crippen LogP contribution in [0.2, 0.25) is 0 Å². The van der Waals surface area contributed by atoms with Gasteiger partial charge in [-0.05, 0) is 60.9 Å². The Labute approximate surface area is 242 Å². The molecule has 3 aromatic rings. The molecule has 0 bridgehead atoms. The first-order chi connectivity index (χ1) is 19.9. The van der Waals surface area contributed by atoms with Crippen molar-refractivity contribution in [2.75, 3.05) is 13.2 Å². The average molecular weight is 576 g/mol. The van der Waals surface area contributed by atoms with Crippen LogP contribution >= 0.6 is 0 Å². The molecule has 0 unspecified atom stereocenters. The third kappa shape index (κ3) is 8.03. The van der Waals surface area contributed by atoms with Crippen LogP contribution in [0.15, 0.2) is 89.8 Å². The fourth-order valence-corrected chi connectivity index (χ4v) is 6.35. The van der Waals surface area contributed by atoms with E-state index in [1.807, 2.05) is 60.7 Å². The molecule has 2 amide bonds. The van der Waals surface area contributed by atoms with Crippen molar-refractivity contribution in [3.05, 3.63) is 102 Å². The van der Waals surface area contributed by atoms with Gasteiger partial charge >= 0.3 is 0 Å². The Hall–Kier alpha value is -3.53. The molecule has 0 spiro atoms. The second-order valence-corrected chi connectivity index (χ2v) is 12.5. The van der Waals surface area contributed by atoms with E-state index in [0.29, 0.717) is 19.6 Å². The molecule has 216 valence electrons. The van der Waals surface area contributed by atoms with Gasteiger partial charge in [-0.1, -0.05) is 72.8 Å². The quantitative estimate of drug-likeness (QED) is 0.319. The van der Waals surface area contributed by atoms with Gasteiger partial charge in [-0.3, -0.25) is 9.59 Å². The lowest BCUT2D eigenvalue weighted by molar-refractivity contribution is -0.141. The Kier molecular flexibility index (Phi) is 9.49. The number of hydrogen-bond acceptors (Lipinski definition) is 5. The number of benzene rings is 3. The number of carbonyl (C=O) groups is 2. The Morgan fingerprint density at radius 1 is 0.878 bits per heavy atom. The molecule has 0 radical (unpaired) electrons. The number of ether oxygens (including phenoxy) is 1. The highest BCUT2D eigenvalue weighted by Crippen LogP contribution is 2.26. The molecule has 3 aromatic carbocycles. The molecule has 5 rings (SSSR count). The Balaban J connectivity index is 1.34. The van der Waals surface area contributed by atoms with Gasteiger partial charge in [-0.2, -0.15) is 0 Å². The molecule has 2 fully saturated rings. The van der Waals surface area contributed by atoms with E-state index in [2.05, 4.69) is 10.0 Å². The number of carbonyl (C=O) groups excluding carboxylic acids is 2. The minimum absolute atomic E-state index is 0.0140. The monoisotopic (exact) mass is 575 g/mol. The van der Waals surface area contributed by atoms with Crippen LogP contribution in [0.5, 0.6) is 0 Å². The van der Waals surface area contributed by atoms with Crippen LogP contribution in [-0.2, 0) is 37.3 Å². The molecule has 1 aliphatic heterocycles. The van der Waals surface area contributed by atoms with Crippen molar-refractivity contribution >= 4 is 21.8 Å². The molecule has 1 saturated carbocycles. The molecule has 2 N–H and O–H groups in total. The van der Waals surface area contributed by atoms with Crippen molar-refractivity contribution in [1.29, 1.82) is 0 Å². The van der Waals surface area contributed by atoms with Crippen LogP contribution in [-0.4, -0.2) is 50.4 Å². The zero-order valence-electron chi connectivity index (χ0n) is 23.1. The second kappa shape index (κ2) is 13.4. The van der Waals surface area contributed by atoms with E-state index >= 15 is 0 Å².